The first-order valence-corrected chi connectivity index (χ1v) is 7.38. The molecule has 4 nitrogen and oxygen atoms in total. The SMILES string of the molecule is COC(=O)c1ccc2c(c1)C(c1ccccc1OC)=CC(C)O2. The van der Waals surface area contributed by atoms with Crippen LogP contribution in [0.25, 0.3) is 5.57 Å². The van der Waals surface area contributed by atoms with E-state index in [1.165, 1.54) is 7.11 Å². The van der Waals surface area contributed by atoms with Crippen molar-refractivity contribution in [3.8, 4) is 11.5 Å². The van der Waals surface area contributed by atoms with Crippen LogP contribution < -0.4 is 9.47 Å². The predicted octanol–water partition coefficient (Wildman–Crippen LogP) is 3.69. The highest BCUT2D eigenvalue weighted by atomic mass is 16.5. The number of para-hydroxylation sites is 1. The number of esters is 1. The van der Waals surface area contributed by atoms with Gasteiger partial charge in [-0.05, 0) is 42.8 Å². The summed E-state index contributed by atoms with van der Waals surface area (Å²) in [6.07, 6.45) is 1.97. The molecule has 1 heterocycles. The van der Waals surface area contributed by atoms with Gasteiger partial charge in [0.1, 0.15) is 17.6 Å². The van der Waals surface area contributed by atoms with Crippen LogP contribution in [0, 0.1) is 0 Å². The van der Waals surface area contributed by atoms with Gasteiger partial charge in [0, 0.05) is 11.1 Å². The van der Waals surface area contributed by atoms with Gasteiger partial charge in [0.25, 0.3) is 0 Å². The number of hydrogen-bond donors (Lipinski definition) is 0. The smallest absolute Gasteiger partial charge is 0.337 e. The predicted molar refractivity (Wildman–Crippen MR) is 87.9 cm³/mol. The molecule has 1 aliphatic heterocycles. The lowest BCUT2D eigenvalue weighted by Crippen LogP contribution is -2.16. The van der Waals surface area contributed by atoms with Crippen LogP contribution in [-0.2, 0) is 4.74 Å². The third-order valence-electron chi connectivity index (χ3n) is 3.80. The van der Waals surface area contributed by atoms with Crippen LogP contribution >= 0.6 is 0 Å². The Morgan fingerprint density at radius 2 is 1.87 bits per heavy atom. The molecule has 0 aliphatic carbocycles. The molecule has 1 unspecified atom stereocenters. The van der Waals surface area contributed by atoms with E-state index >= 15 is 0 Å². The number of carbonyl (C=O) groups excluding carboxylic acids is 1. The Balaban J connectivity index is 2.17. The van der Waals surface area contributed by atoms with Crippen molar-refractivity contribution in [3.05, 3.63) is 65.2 Å². The number of carbonyl (C=O) groups is 1. The molecule has 0 saturated heterocycles. The molecule has 2 aromatic carbocycles. The summed E-state index contributed by atoms with van der Waals surface area (Å²) in [5.41, 5.74) is 3.30. The molecule has 0 amide bonds. The summed E-state index contributed by atoms with van der Waals surface area (Å²) < 4.78 is 16.1. The molecule has 3 rings (SSSR count). The second-order valence-corrected chi connectivity index (χ2v) is 5.31. The minimum absolute atomic E-state index is 0.0635. The second kappa shape index (κ2) is 6.16. The van der Waals surface area contributed by atoms with E-state index in [1.807, 2.05) is 37.3 Å². The van der Waals surface area contributed by atoms with Gasteiger partial charge in [0.05, 0.1) is 19.8 Å². The minimum Gasteiger partial charge on any atom is -0.496 e. The average molecular weight is 310 g/mol. The van der Waals surface area contributed by atoms with Gasteiger partial charge in [0.15, 0.2) is 0 Å². The van der Waals surface area contributed by atoms with Crippen molar-refractivity contribution in [1.82, 2.24) is 0 Å². The van der Waals surface area contributed by atoms with Crippen molar-refractivity contribution in [2.75, 3.05) is 14.2 Å². The number of rotatable bonds is 3. The zero-order valence-electron chi connectivity index (χ0n) is 13.3. The number of fused-ring (bicyclic) bond motifs is 1. The topological polar surface area (TPSA) is 44.8 Å². The van der Waals surface area contributed by atoms with Crippen molar-refractivity contribution in [2.24, 2.45) is 0 Å². The summed E-state index contributed by atoms with van der Waals surface area (Å²) in [6, 6.07) is 13.1. The lowest BCUT2D eigenvalue weighted by molar-refractivity contribution is 0.0600. The summed E-state index contributed by atoms with van der Waals surface area (Å²) in [4.78, 5) is 11.8. The van der Waals surface area contributed by atoms with Crippen molar-refractivity contribution in [1.29, 1.82) is 0 Å². The number of methoxy groups -OCH3 is 2. The molecule has 118 valence electrons. The number of benzene rings is 2. The molecule has 0 saturated carbocycles. The molecular weight excluding hydrogens is 292 g/mol. The highest BCUT2D eigenvalue weighted by Crippen LogP contribution is 2.39. The van der Waals surface area contributed by atoms with Gasteiger partial charge in [-0.1, -0.05) is 18.2 Å². The van der Waals surface area contributed by atoms with Crippen LogP contribution in [0.4, 0.5) is 0 Å². The maximum Gasteiger partial charge on any atom is 0.337 e. The molecule has 0 radical (unpaired) electrons. The third kappa shape index (κ3) is 2.80. The largest absolute Gasteiger partial charge is 0.496 e. The van der Waals surface area contributed by atoms with Crippen LogP contribution in [-0.4, -0.2) is 26.3 Å². The zero-order chi connectivity index (χ0) is 16.4. The first kappa shape index (κ1) is 15.2. The molecular formula is C19H18O4. The first-order chi connectivity index (χ1) is 11.1. The van der Waals surface area contributed by atoms with Crippen LogP contribution in [0.5, 0.6) is 11.5 Å². The summed E-state index contributed by atoms with van der Waals surface area (Å²) >= 11 is 0. The Labute approximate surface area is 135 Å². The molecule has 0 aromatic heterocycles. The fraction of sp³-hybridized carbons (Fsp3) is 0.211. The van der Waals surface area contributed by atoms with E-state index in [-0.39, 0.29) is 12.1 Å². The van der Waals surface area contributed by atoms with E-state index in [0.29, 0.717) is 5.56 Å². The second-order valence-electron chi connectivity index (χ2n) is 5.31. The van der Waals surface area contributed by atoms with Crippen molar-refractivity contribution < 1.29 is 19.0 Å². The Kier molecular flexibility index (Phi) is 4.06. The number of hydrogen-bond acceptors (Lipinski definition) is 4. The Morgan fingerprint density at radius 3 is 2.61 bits per heavy atom. The lowest BCUT2D eigenvalue weighted by atomic mass is 9.92. The molecule has 4 heteroatoms. The standard InChI is InChI=1S/C19H18O4/c1-12-10-15(14-6-4-5-7-17(14)21-2)16-11-13(19(20)22-3)8-9-18(16)23-12/h4-12H,1-3H3. The average Bonchev–Trinajstić information content (AvgIpc) is 2.59. The van der Waals surface area contributed by atoms with Gasteiger partial charge in [-0.15, -0.1) is 0 Å². The molecule has 2 aromatic rings. The van der Waals surface area contributed by atoms with Crippen LogP contribution in [0.15, 0.2) is 48.5 Å². The molecule has 1 atom stereocenters. The highest BCUT2D eigenvalue weighted by Gasteiger charge is 2.23. The van der Waals surface area contributed by atoms with E-state index in [0.717, 1.165) is 28.2 Å². The molecule has 0 spiro atoms. The molecule has 0 bridgehead atoms. The van der Waals surface area contributed by atoms with E-state index in [9.17, 15) is 4.79 Å². The lowest BCUT2D eigenvalue weighted by Gasteiger charge is -2.24. The number of ether oxygens (including phenoxy) is 3. The maximum atomic E-state index is 11.8. The van der Waals surface area contributed by atoms with E-state index in [1.54, 1.807) is 25.3 Å². The molecule has 23 heavy (non-hydrogen) atoms. The third-order valence-corrected chi connectivity index (χ3v) is 3.80. The van der Waals surface area contributed by atoms with Crippen LogP contribution in [0.2, 0.25) is 0 Å². The Morgan fingerprint density at radius 1 is 1.09 bits per heavy atom. The Hall–Kier alpha value is -2.75. The van der Waals surface area contributed by atoms with Gasteiger partial charge in [-0.3, -0.25) is 0 Å². The van der Waals surface area contributed by atoms with E-state index < -0.39 is 0 Å². The molecule has 1 aliphatic rings. The highest BCUT2D eigenvalue weighted by molar-refractivity contribution is 5.94. The summed E-state index contributed by atoms with van der Waals surface area (Å²) in [6.45, 7) is 1.98. The summed E-state index contributed by atoms with van der Waals surface area (Å²) in [5, 5.41) is 0. The summed E-state index contributed by atoms with van der Waals surface area (Å²) in [7, 11) is 3.02. The monoisotopic (exact) mass is 310 g/mol. The van der Waals surface area contributed by atoms with E-state index in [4.69, 9.17) is 14.2 Å². The fourth-order valence-corrected chi connectivity index (χ4v) is 2.75. The van der Waals surface area contributed by atoms with Crippen LogP contribution in [0.1, 0.15) is 28.4 Å². The van der Waals surface area contributed by atoms with E-state index in [2.05, 4.69) is 0 Å². The zero-order valence-corrected chi connectivity index (χ0v) is 13.3. The van der Waals surface area contributed by atoms with Gasteiger partial charge in [-0.2, -0.15) is 0 Å². The van der Waals surface area contributed by atoms with Gasteiger partial charge >= 0.3 is 5.97 Å². The molecule has 0 fully saturated rings. The normalized spacial score (nSPS) is 16.0. The van der Waals surface area contributed by atoms with Gasteiger partial charge in [0.2, 0.25) is 0 Å². The fourth-order valence-electron chi connectivity index (χ4n) is 2.75. The quantitative estimate of drug-likeness (QED) is 0.811. The molecule has 0 N–H and O–H groups in total. The summed E-state index contributed by atoms with van der Waals surface area (Å²) in [5.74, 6) is 1.15. The minimum atomic E-state index is -0.370. The van der Waals surface area contributed by atoms with Crippen molar-refractivity contribution >= 4 is 11.5 Å². The maximum absolute atomic E-state index is 11.8. The Bertz CT molecular complexity index is 777. The van der Waals surface area contributed by atoms with Crippen LogP contribution in [0.3, 0.4) is 0 Å². The first-order valence-electron chi connectivity index (χ1n) is 7.38. The van der Waals surface area contributed by atoms with Crippen molar-refractivity contribution in [3.63, 3.8) is 0 Å². The van der Waals surface area contributed by atoms with Crippen molar-refractivity contribution in [2.45, 2.75) is 13.0 Å². The van der Waals surface area contributed by atoms with Gasteiger partial charge < -0.3 is 14.2 Å². The van der Waals surface area contributed by atoms with Gasteiger partial charge in [-0.25, -0.2) is 4.79 Å².